The summed E-state index contributed by atoms with van der Waals surface area (Å²) in [6.45, 7) is 1.27. The van der Waals surface area contributed by atoms with Crippen LogP contribution in [0.25, 0.3) is 0 Å². The second-order valence-electron chi connectivity index (χ2n) is 4.75. The molecular weight excluding hydrogens is 278 g/mol. The molecular formula is C14H14ClN3O2. The molecule has 1 amide bonds. The highest BCUT2D eigenvalue weighted by atomic mass is 35.5. The number of nitrogens with two attached hydrogens (primary N) is 1. The molecule has 2 heterocycles. The zero-order valence-corrected chi connectivity index (χ0v) is 11.6. The van der Waals surface area contributed by atoms with E-state index in [4.69, 9.17) is 22.1 Å². The van der Waals surface area contributed by atoms with E-state index in [-0.39, 0.29) is 5.56 Å². The second-order valence-corrected chi connectivity index (χ2v) is 5.18. The van der Waals surface area contributed by atoms with Crippen LogP contribution in [0.4, 0.5) is 0 Å². The van der Waals surface area contributed by atoms with Crippen LogP contribution < -0.4 is 10.5 Å². The molecule has 0 saturated carbocycles. The number of rotatable bonds is 4. The van der Waals surface area contributed by atoms with Crippen molar-refractivity contribution in [2.45, 2.75) is 26.0 Å². The maximum absolute atomic E-state index is 11.4. The normalized spacial score (nSPS) is 13.2. The van der Waals surface area contributed by atoms with Crippen LogP contribution >= 0.6 is 11.6 Å². The highest BCUT2D eigenvalue weighted by molar-refractivity contribution is 6.31. The fraction of sp³-hybridized carbons (Fsp3) is 0.286. The molecule has 6 heteroatoms. The van der Waals surface area contributed by atoms with E-state index in [1.807, 2.05) is 10.7 Å². The summed E-state index contributed by atoms with van der Waals surface area (Å²) in [4.78, 5) is 11.4. The number of carbonyl (C=O) groups excluding carboxylic acids is 1. The molecule has 104 valence electrons. The number of fused-ring (bicyclic) bond motifs is 1. The van der Waals surface area contributed by atoms with E-state index in [9.17, 15) is 4.79 Å². The van der Waals surface area contributed by atoms with Crippen LogP contribution in [0, 0.1) is 0 Å². The highest BCUT2D eigenvalue weighted by Crippen LogP contribution is 2.24. The number of aromatic nitrogens is 2. The first-order chi connectivity index (χ1) is 9.63. The predicted molar refractivity (Wildman–Crippen MR) is 74.8 cm³/mol. The second kappa shape index (κ2) is 5.17. The van der Waals surface area contributed by atoms with E-state index in [2.05, 4.69) is 5.10 Å². The third-order valence-corrected chi connectivity index (χ3v) is 3.53. The summed E-state index contributed by atoms with van der Waals surface area (Å²) in [7, 11) is 0. The van der Waals surface area contributed by atoms with Crippen LogP contribution in [-0.2, 0) is 19.6 Å². The monoisotopic (exact) mass is 291 g/mol. The Labute approximate surface area is 121 Å². The number of amides is 1. The van der Waals surface area contributed by atoms with Gasteiger partial charge < -0.3 is 10.5 Å². The largest absolute Gasteiger partial charge is 0.486 e. The van der Waals surface area contributed by atoms with E-state index in [1.54, 1.807) is 12.1 Å². The molecule has 20 heavy (non-hydrogen) atoms. The lowest BCUT2D eigenvalue weighted by molar-refractivity contribution is 0.0996. The van der Waals surface area contributed by atoms with Gasteiger partial charge in [-0.2, -0.15) is 5.10 Å². The fourth-order valence-electron chi connectivity index (χ4n) is 2.36. The summed E-state index contributed by atoms with van der Waals surface area (Å²) in [5.74, 6) is -0.134. The Morgan fingerprint density at radius 1 is 1.45 bits per heavy atom. The Hall–Kier alpha value is -2.01. The standard InChI is InChI=1S/C14H14ClN3O2/c15-9-3-4-13(12(6-9)14(16)19)20-8-10-7-11-2-1-5-18(11)17-10/h3-4,6-7H,1-2,5,8H2,(H2,16,19). The highest BCUT2D eigenvalue weighted by Gasteiger charge is 2.15. The SMILES string of the molecule is NC(=O)c1cc(Cl)ccc1OCc1cc2n(n1)CCC2. The van der Waals surface area contributed by atoms with Crippen molar-refractivity contribution >= 4 is 17.5 Å². The van der Waals surface area contributed by atoms with Gasteiger partial charge in [0, 0.05) is 17.3 Å². The number of aryl methyl sites for hydroxylation is 2. The quantitative estimate of drug-likeness (QED) is 0.938. The predicted octanol–water partition coefficient (Wildman–Crippen LogP) is 2.16. The Morgan fingerprint density at radius 2 is 2.30 bits per heavy atom. The average molecular weight is 292 g/mol. The molecule has 0 fully saturated rings. The topological polar surface area (TPSA) is 70.1 Å². The summed E-state index contributed by atoms with van der Waals surface area (Å²) in [6.07, 6.45) is 2.20. The molecule has 0 radical (unpaired) electrons. The van der Waals surface area contributed by atoms with E-state index >= 15 is 0 Å². The number of halogens is 1. The first-order valence-electron chi connectivity index (χ1n) is 6.41. The molecule has 0 saturated heterocycles. The fourth-order valence-corrected chi connectivity index (χ4v) is 2.53. The molecule has 5 nitrogen and oxygen atoms in total. The van der Waals surface area contributed by atoms with Crippen molar-refractivity contribution in [3.05, 3.63) is 46.2 Å². The van der Waals surface area contributed by atoms with E-state index in [0.29, 0.717) is 17.4 Å². The first kappa shape index (κ1) is 13.0. The Kier molecular flexibility index (Phi) is 3.36. The summed E-state index contributed by atoms with van der Waals surface area (Å²) in [5, 5.41) is 4.90. The Bertz CT molecular complexity index is 645. The molecule has 0 aliphatic carbocycles. The lowest BCUT2D eigenvalue weighted by Crippen LogP contribution is -2.13. The van der Waals surface area contributed by atoms with Gasteiger partial charge in [-0.05, 0) is 37.1 Å². The maximum Gasteiger partial charge on any atom is 0.252 e. The molecule has 1 aliphatic rings. The third-order valence-electron chi connectivity index (χ3n) is 3.30. The molecule has 0 bridgehead atoms. The molecule has 1 aromatic heterocycles. The van der Waals surface area contributed by atoms with Crippen molar-refractivity contribution in [3.63, 3.8) is 0 Å². The number of carbonyl (C=O) groups is 1. The summed E-state index contributed by atoms with van der Waals surface area (Å²) >= 11 is 5.85. The minimum Gasteiger partial charge on any atom is -0.486 e. The Morgan fingerprint density at radius 3 is 3.05 bits per heavy atom. The number of hydrogen-bond donors (Lipinski definition) is 1. The van der Waals surface area contributed by atoms with Gasteiger partial charge in [-0.3, -0.25) is 9.48 Å². The van der Waals surface area contributed by atoms with Gasteiger partial charge in [0.25, 0.3) is 5.91 Å². The summed E-state index contributed by atoms with van der Waals surface area (Å²) < 4.78 is 7.64. The minimum absolute atomic E-state index is 0.282. The van der Waals surface area contributed by atoms with Gasteiger partial charge >= 0.3 is 0 Å². The molecule has 0 spiro atoms. The summed E-state index contributed by atoms with van der Waals surface area (Å²) in [6, 6.07) is 6.85. The van der Waals surface area contributed by atoms with Crippen LogP contribution in [-0.4, -0.2) is 15.7 Å². The van der Waals surface area contributed by atoms with Gasteiger partial charge in [0.15, 0.2) is 0 Å². The average Bonchev–Trinajstić information content (AvgIpc) is 2.97. The molecule has 1 aliphatic heterocycles. The van der Waals surface area contributed by atoms with Crippen molar-refractivity contribution in [3.8, 4) is 5.75 Å². The van der Waals surface area contributed by atoms with Crippen LogP contribution in [0.5, 0.6) is 5.75 Å². The van der Waals surface area contributed by atoms with Crippen LogP contribution in [0.15, 0.2) is 24.3 Å². The summed E-state index contributed by atoms with van der Waals surface area (Å²) in [5.41, 5.74) is 7.68. The number of ether oxygens (including phenoxy) is 1. The molecule has 0 atom stereocenters. The maximum atomic E-state index is 11.4. The smallest absolute Gasteiger partial charge is 0.252 e. The molecule has 1 aromatic carbocycles. The van der Waals surface area contributed by atoms with Crippen LogP contribution in [0.1, 0.15) is 28.2 Å². The molecule has 2 aromatic rings. The number of primary amides is 1. The van der Waals surface area contributed by atoms with Crippen LogP contribution in [0.2, 0.25) is 5.02 Å². The van der Waals surface area contributed by atoms with Crippen molar-refractivity contribution in [1.82, 2.24) is 9.78 Å². The van der Waals surface area contributed by atoms with Gasteiger partial charge in [-0.15, -0.1) is 0 Å². The number of benzene rings is 1. The first-order valence-corrected chi connectivity index (χ1v) is 6.79. The lowest BCUT2D eigenvalue weighted by atomic mass is 10.2. The van der Waals surface area contributed by atoms with Crippen molar-refractivity contribution in [2.75, 3.05) is 0 Å². The van der Waals surface area contributed by atoms with Gasteiger partial charge in [0.1, 0.15) is 18.1 Å². The van der Waals surface area contributed by atoms with Gasteiger partial charge in [-0.25, -0.2) is 0 Å². The molecule has 0 unspecified atom stereocenters. The minimum atomic E-state index is -0.560. The third kappa shape index (κ3) is 2.49. The van der Waals surface area contributed by atoms with E-state index < -0.39 is 5.91 Å². The van der Waals surface area contributed by atoms with Crippen molar-refractivity contribution in [2.24, 2.45) is 5.73 Å². The van der Waals surface area contributed by atoms with Crippen molar-refractivity contribution < 1.29 is 9.53 Å². The zero-order valence-electron chi connectivity index (χ0n) is 10.8. The van der Waals surface area contributed by atoms with Gasteiger partial charge in [0.05, 0.1) is 5.56 Å². The van der Waals surface area contributed by atoms with Crippen LogP contribution in [0.3, 0.4) is 0 Å². The Balaban J connectivity index is 1.76. The van der Waals surface area contributed by atoms with Crippen molar-refractivity contribution in [1.29, 1.82) is 0 Å². The van der Waals surface area contributed by atoms with Gasteiger partial charge in [-0.1, -0.05) is 11.6 Å². The molecule has 3 rings (SSSR count). The number of nitrogens with zero attached hydrogens (tertiary/aromatic N) is 2. The van der Waals surface area contributed by atoms with Gasteiger partial charge in [0.2, 0.25) is 0 Å². The zero-order chi connectivity index (χ0) is 14.1. The van der Waals surface area contributed by atoms with E-state index in [1.165, 1.54) is 11.8 Å². The lowest BCUT2D eigenvalue weighted by Gasteiger charge is -2.08. The van der Waals surface area contributed by atoms with E-state index in [0.717, 1.165) is 25.1 Å². The molecule has 2 N–H and O–H groups in total. The number of hydrogen-bond acceptors (Lipinski definition) is 3.